The van der Waals surface area contributed by atoms with E-state index in [0.29, 0.717) is 25.4 Å². The van der Waals surface area contributed by atoms with Crippen LogP contribution in [-0.4, -0.2) is 48.7 Å². The minimum Gasteiger partial charge on any atom is -0.390 e. The number of aliphatic hydroxyl groups is 1. The molecule has 4 heteroatoms. The second-order valence-electron chi connectivity index (χ2n) is 4.65. The number of aliphatic hydroxyl groups excluding tert-OH is 1. The summed E-state index contributed by atoms with van der Waals surface area (Å²) in [5.41, 5.74) is 0. The highest BCUT2D eigenvalue weighted by atomic mass is 16.3. The summed E-state index contributed by atoms with van der Waals surface area (Å²) in [6, 6.07) is 0. The van der Waals surface area contributed by atoms with Gasteiger partial charge in [-0.1, -0.05) is 13.3 Å². The fourth-order valence-corrected chi connectivity index (χ4v) is 2.25. The first kappa shape index (κ1) is 13.5. The van der Waals surface area contributed by atoms with Crippen LogP contribution in [0.15, 0.2) is 0 Å². The molecule has 1 saturated heterocycles. The maximum absolute atomic E-state index is 11.8. The lowest BCUT2D eigenvalue weighted by molar-refractivity contribution is -0.132. The van der Waals surface area contributed by atoms with Gasteiger partial charge in [0, 0.05) is 26.1 Å². The first-order valence-corrected chi connectivity index (χ1v) is 6.27. The van der Waals surface area contributed by atoms with E-state index < -0.39 is 6.10 Å². The van der Waals surface area contributed by atoms with Crippen LogP contribution in [0.4, 0.5) is 0 Å². The molecule has 2 unspecified atom stereocenters. The predicted molar refractivity (Wildman–Crippen MR) is 64.1 cm³/mol. The lowest BCUT2D eigenvalue weighted by Crippen LogP contribution is -2.40. The summed E-state index contributed by atoms with van der Waals surface area (Å²) in [6.07, 6.45) is 3.43. The normalized spacial score (nSPS) is 24.3. The standard InChI is InChI=1S/C12H24N2O2/c1-3-10-4-5-12(16)14(7-6-10)9-11(15)8-13-2/h10-11,13,15H,3-9H2,1-2H3. The minimum atomic E-state index is -0.452. The van der Waals surface area contributed by atoms with Crippen molar-refractivity contribution in [1.29, 1.82) is 0 Å². The Morgan fingerprint density at radius 3 is 2.94 bits per heavy atom. The van der Waals surface area contributed by atoms with Crippen molar-refractivity contribution in [3.8, 4) is 0 Å². The van der Waals surface area contributed by atoms with Gasteiger partial charge in [0.05, 0.1) is 6.10 Å². The maximum Gasteiger partial charge on any atom is 0.222 e. The van der Waals surface area contributed by atoms with Crippen molar-refractivity contribution in [3.63, 3.8) is 0 Å². The van der Waals surface area contributed by atoms with Gasteiger partial charge in [-0.2, -0.15) is 0 Å². The Balaban J connectivity index is 2.43. The van der Waals surface area contributed by atoms with Crippen molar-refractivity contribution in [2.24, 2.45) is 5.92 Å². The smallest absolute Gasteiger partial charge is 0.222 e. The lowest BCUT2D eigenvalue weighted by atomic mass is 9.98. The summed E-state index contributed by atoms with van der Waals surface area (Å²) in [6.45, 7) is 4.00. The average Bonchev–Trinajstić information content (AvgIpc) is 2.43. The molecule has 2 N–H and O–H groups in total. The zero-order chi connectivity index (χ0) is 12.0. The van der Waals surface area contributed by atoms with Gasteiger partial charge in [0.2, 0.25) is 5.91 Å². The van der Waals surface area contributed by atoms with Crippen LogP contribution in [0.3, 0.4) is 0 Å². The highest BCUT2D eigenvalue weighted by Crippen LogP contribution is 2.20. The second-order valence-corrected chi connectivity index (χ2v) is 4.65. The van der Waals surface area contributed by atoms with E-state index in [-0.39, 0.29) is 5.91 Å². The Labute approximate surface area is 98.0 Å². The van der Waals surface area contributed by atoms with Gasteiger partial charge in [-0.25, -0.2) is 0 Å². The van der Waals surface area contributed by atoms with Gasteiger partial charge in [-0.3, -0.25) is 4.79 Å². The number of β-amino-alcohol motifs (C(OH)–C–C–N with tert-alkyl or cyclic N) is 1. The highest BCUT2D eigenvalue weighted by Gasteiger charge is 2.22. The predicted octanol–water partition coefficient (Wildman–Crippen LogP) is 0.605. The quantitative estimate of drug-likeness (QED) is 0.725. The monoisotopic (exact) mass is 228 g/mol. The highest BCUT2D eigenvalue weighted by molar-refractivity contribution is 5.76. The van der Waals surface area contributed by atoms with Crippen molar-refractivity contribution in [1.82, 2.24) is 10.2 Å². The third-order valence-electron chi connectivity index (χ3n) is 3.37. The summed E-state index contributed by atoms with van der Waals surface area (Å²) in [5, 5.41) is 12.6. The number of rotatable bonds is 5. The van der Waals surface area contributed by atoms with Crippen LogP contribution in [0, 0.1) is 5.92 Å². The molecular formula is C12H24N2O2. The largest absolute Gasteiger partial charge is 0.390 e. The third kappa shape index (κ3) is 4.10. The molecule has 1 aliphatic rings. The summed E-state index contributed by atoms with van der Waals surface area (Å²) in [7, 11) is 1.81. The Morgan fingerprint density at radius 1 is 1.56 bits per heavy atom. The lowest BCUT2D eigenvalue weighted by Gasteiger charge is -2.23. The topological polar surface area (TPSA) is 52.6 Å². The van der Waals surface area contributed by atoms with Gasteiger partial charge >= 0.3 is 0 Å². The summed E-state index contributed by atoms with van der Waals surface area (Å²) < 4.78 is 0. The Hall–Kier alpha value is -0.610. The van der Waals surface area contributed by atoms with Crippen molar-refractivity contribution in [2.75, 3.05) is 26.7 Å². The number of carbonyl (C=O) groups excluding carboxylic acids is 1. The number of amides is 1. The first-order valence-electron chi connectivity index (χ1n) is 6.27. The third-order valence-corrected chi connectivity index (χ3v) is 3.37. The molecule has 0 aromatic heterocycles. The van der Waals surface area contributed by atoms with E-state index in [4.69, 9.17) is 0 Å². The number of nitrogens with zero attached hydrogens (tertiary/aromatic N) is 1. The van der Waals surface area contributed by atoms with E-state index in [1.54, 1.807) is 7.05 Å². The van der Waals surface area contributed by atoms with E-state index in [0.717, 1.165) is 25.8 Å². The number of nitrogens with one attached hydrogen (secondary N) is 1. The van der Waals surface area contributed by atoms with E-state index in [1.807, 2.05) is 4.90 Å². The molecule has 0 aromatic carbocycles. The van der Waals surface area contributed by atoms with E-state index in [9.17, 15) is 9.90 Å². The zero-order valence-corrected chi connectivity index (χ0v) is 10.4. The van der Waals surface area contributed by atoms with Gasteiger partial charge in [0.1, 0.15) is 0 Å². The Bertz CT molecular complexity index is 221. The molecule has 1 aliphatic heterocycles. The van der Waals surface area contributed by atoms with Gasteiger partial charge in [0.25, 0.3) is 0 Å². The molecule has 1 fully saturated rings. The van der Waals surface area contributed by atoms with Crippen LogP contribution < -0.4 is 5.32 Å². The molecule has 1 heterocycles. The van der Waals surface area contributed by atoms with Crippen LogP contribution >= 0.6 is 0 Å². The van der Waals surface area contributed by atoms with E-state index in [1.165, 1.54) is 0 Å². The molecule has 0 aromatic rings. The van der Waals surface area contributed by atoms with Gasteiger partial charge in [-0.05, 0) is 25.8 Å². The Morgan fingerprint density at radius 2 is 2.31 bits per heavy atom. The van der Waals surface area contributed by atoms with Crippen LogP contribution in [0.5, 0.6) is 0 Å². The van der Waals surface area contributed by atoms with Crippen LogP contribution in [0.25, 0.3) is 0 Å². The van der Waals surface area contributed by atoms with Gasteiger partial charge < -0.3 is 15.3 Å². The van der Waals surface area contributed by atoms with E-state index in [2.05, 4.69) is 12.2 Å². The minimum absolute atomic E-state index is 0.200. The molecule has 94 valence electrons. The van der Waals surface area contributed by atoms with Crippen molar-refractivity contribution < 1.29 is 9.90 Å². The molecule has 1 rings (SSSR count). The molecule has 1 amide bonds. The van der Waals surface area contributed by atoms with Gasteiger partial charge in [-0.15, -0.1) is 0 Å². The summed E-state index contributed by atoms with van der Waals surface area (Å²) in [4.78, 5) is 13.6. The number of likely N-dealkylation sites (N-methyl/N-ethyl adjacent to an activating group) is 1. The molecule has 16 heavy (non-hydrogen) atoms. The fraction of sp³-hybridized carbons (Fsp3) is 0.917. The van der Waals surface area contributed by atoms with Crippen LogP contribution in [0.1, 0.15) is 32.6 Å². The first-order chi connectivity index (χ1) is 7.67. The molecule has 0 aliphatic carbocycles. The van der Waals surface area contributed by atoms with Crippen molar-refractivity contribution in [3.05, 3.63) is 0 Å². The fourth-order valence-electron chi connectivity index (χ4n) is 2.25. The molecule has 4 nitrogen and oxygen atoms in total. The number of hydrogen-bond acceptors (Lipinski definition) is 3. The molecule has 0 saturated carbocycles. The number of likely N-dealkylation sites (tertiary alicyclic amines) is 1. The molecule has 0 spiro atoms. The van der Waals surface area contributed by atoms with Crippen molar-refractivity contribution >= 4 is 5.91 Å². The van der Waals surface area contributed by atoms with Crippen LogP contribution in [-0.2, 0) is 4.79 Å². The SMILES string of the molecule is CCC1CCC(=O)N(CC(O)CNC)CC1. The molecule has 2 atom stereocenters. The maximum atomic E-state index is 11.8. The number of carbonyl (C=O) groups is 1. The zero-order valence-electron chi connectivity index (χ0n) is 10.4. The summed E-state index contributed by atoms with van der Waals surface area (Å²) >= 11 is 0. The molecule has 0 bridgehead atoms. The van der Waals surface area contributed by atoms with E-state index >= 15 is 0 Å². The molecular weight excluding hydrogens is 204 g/mol. The molecule has 0 radical (unpaired) electrons. The van der Waals surface area contributed by atoms with Crippen LogP contribution in [0.2, 0.25) is 0 Å². The van der Waals surface area contributed by atoms with Crippen molar-refractivity contribution in [2.45, 2.75) is 38.7 Å². The number of hydrogen-bond donors (Lipinski definition) is 2. The Kier molecular flexibility index (Phi) is 5.77. The summed E-state index contributed by atoms with van der Waals surface area (Å²) in [5.74, 6) is 0.876. The average molecular weight is 228 g/mol. The second kappa shape index (κ2) is 6.86. The van der Waals surface area contributed by atoms with Gasteiger partial charge in [0.15, 0.2) is 0 Å².